The highest BCUT2D eigenvalue weighted by atomic mass is 16.3. The zero-order valence-electron chi connectivity index (χ0n) is 11.7. The number of hydrogen-bond donors (Lipinski definition) is 3. The van der Waals surface area contributed by atoms with E-state index in [9.17, 15) is 9.59 Å². The lowest BCUT2D eigenvalue weighted by atomic mass is 10.2. The molecule has 0 saturated carbocycles. The minimum atomic E-state index is -0.198. The topological polar surface area (TPSA) is 78.4 Å². The molecule has 1 unspecified atom stereocenters. The van der Waals surface area contributed by atoms with Gasteiger partial charge in [-0.2, -0.15) is 0 Å². The Hall–Kier alpha value is -2.14. The second-order valence-corrected chi connectivity index (χ2v) is 4.67. The van der Waals surface area contributed by atoms with Crippen molar-refractivity contribution in [1.82, 2.24) is 5.32 Å². The average molecular weight is 276 g/mol. The van der Waals surface area contributed by atoms with E-state index in [-0.39, 0.29) is 24.3 Å². The SMILES string of the molecule is CC(=O)Nc1ccc(/C=C/C(=O)NCC(C)CO)cc1. The maximum atomic E-state index is 11.5. The van der Waals surface area contributed by atoms with Gasteiger partial charge in [-0.3, -0.25) is 9.59 Å². The molecule has 1 rings (SSSR count). The number of aliphatic hydroxyl groups excluding tert-OH is 1. The highest BCUT2D eigenvalue weighted by Crippen LogP contribution is 2.10. The summed E-state index contributed by atoms with van der Waals surface area (Å²) in [6.07, 6.45) is 3.13. The highest BCUT2D eigenvalue weighted by molar-refractivity contribution is 5.92. The van der Waals surface area contributed by atoms with E-state index in [1.807, 2.05) is 19.1 Å². The molecule has 0 aliphatic carbocycles. The number of aliphatic hydroxyl groups is 1. The number of anilines is 1. The lowest BCUT2D eigenvalue weighted by Crippen LogP contribution is -2.27. The summed E-state index contributed by atoms with van der Waals surface area (Å²) in [5.74, 6) is -0.272. The number of rotatable bonds is 6. The summed E-state index contributed by atoms with van der Waals surface area (Å²) in [5, 5.41) is 14.2. The van der Waals surface area contributed by atoms with Crippen molar-refractivity contribution in [3.63, 3.8) is 0 Å². The van der Waals surface area contributed by atoms with Gasteiger partial charge in [0.25, 0.3) is 0 Å². The van der Waals surface area contributed by atoms with Crippen molar-refractivity contribution in [3.8, 4) is 0 Å². The Balaban J connectivity index is 2.49. The van der Waals surface area contributed by atoms with Gasteiger partial charge in [-0.25, -0.2) is 0 Å². The van der Waals surface area contributed by atoms with Gasteiger partial charge in [0, 0.05) is 31.8 Å². The summed E-state index contributed by atoms with van der Waals surface area (Å²) in [4.78, 5) is 22.4. The van der Waals surface area contributed by atoms with Gasteiger partial charge in [0.05, 0.1) is 0 Å². The first-order chi connectivity index (χ1) is 9.51. The fourth-order valence-corrected chi connectivity index (χ4v) is 1.45. The quantitative estimate of drug-likeness (QED) is 0.687. The molecular weight excluding hydrogens is 256 g/mol. The van der Waals surface area contributed by atoms with Crippen molar-refractivity contribution in [2.45, 2.75) is 13.8 Å². The van der Waals surface area contributed by atoms with Gasteiger partial charge >= 0.3 is 0 Å². The van der Waals surface area contributed by atoms with Crippen LogP contribution in [0, 0.1) is 5.92 Å². The monoisotopic (exact) mass is 276 g/mol. The molecular formula is C15H20N2O3. The Kier molecular flexibility index (Phi) is 6.46. The summed E-state index contributed by atoms with van der Waals surface area (Å²) in [6, 6.07) is 7.16. The summed E-state index contributed by atoms with van der Waals surface area (Å²) in [6.45, 7) is 3.80. The smallest absolute Gasteiger partial charge is 0.244 e. The summed E-state index contributed by atoms with van der Waals surface area (Å²) < 4.78 is 0. The molecule has 5 heteroatoms. The van der Waals surface area contributed by atoms with Crippen molar-refractivity contribution in [3.05, 3.63) is 35.9 Å². The molecule has 0 fully saturated rings. The fraction of sp³-hybridized carbons (Fsp3) is 0.333. The lowest BCUT2D eigenvalue weighted by molar-refractivity contribution is -0.116. The van der Waals surface area contributed by atoms with Crippen molar-refractivity contribution >= 4 is 23.6 Å². The van der Waals surface area contributed by atoms with Crippen LogP contribution in [0.1, 0.15) is 19.4 Å². The predicted octanol–water partition coefficient (Wildman–Crippen LogP) is 1.40. The second kappa shape index (κ2) is 8.12. The number of hydrogen-bond acceptors (Lipinski definition) is 3. The molecule has 0 aliphatic heterocycles. The number of benzene rings is 1. The van der Waals surface area contributed by atoms with Gasteiger partial charge in [-0.1, -0.05) is 19.1 Å². The third-order valence-corrected chi connectivity index (χ3v) is 2.59. The summed E-state index contributed by atoms with van der Waals surface area (Å²) in [7, 11) is 0. The van der Waals surface area contributed by atoms with Gasteiger partial charge in [0.1, 0.15) is 0 Å². The molecule has 0 aromatic heterocycles. The third-order valence-electron chi connectivity index (χ3n) is 2.59. The second-order valence-electron chi connectivity index (χ2n) is 4.67. The molecule has 2 amide bonds. The minimum Gasteiger partial charge on any atom is -0.396 e. The molecule has 0 bridgehead atoms. The Morgan fingerprint density at radius 2 is 1.95 bits per heavy atom. The largest absolute Gasteiger partial charge is 0.396 e. The Bertz CT molecular complexity index is 480. The van der Waals surface area contributed by atoms with E-state index in [1.54, 1.807) is 18.2 Å². The normalized spacial score (nSPS) is 12.2. The average Bonchev–Trinajstić information content (AvgIpc) is 2.43. The van der Waals surface area contributed by atoms with E-state index in [0.29, 0.717) is 6.54 Å². The zero-order valence-corrected chi connectivity index (χ0v) is 11.7. The van der Waals surface area contributed by atoms with Crippen LogP contribution in [0.25, 0.3) is 6.08 Å². The Labute approximate surface area is 118 Å². The van der Waals surface area contributed by atoms with Gasteiger partial charge in [0.2, 0.25) is 11.8 Å². The first-order valence-corrected chi connectivity index (χ1v) is 6.45. The third kappa shape index (κ3) is 6.15. The zero-order chi connectivity index (χ0) is 15.0. The van der Waals surface area contributed by atoms with E-state index >= 15 is 0 Å². The molecule has 0 spiro atoms. The molecule has 1 aromatic carbocycles. The number of carbonyl (C=O) groups is 2. The van der Waals surface area contributed by atoms with Crippen LogP contribution >= 0.6 is 0 Å². The first kappa shape index (κ1) is 15.9. The molecule has 5 nitrogen and oxygen atoms in total. The van der Waals surface area contributed by atoms with Gasteiger partial charge in [-0.05, 0) is 29.7 Å². The van der Waals surface area contributed by atoms with Crippen LogP contribution in [0.15, 0.2) is 30.3 Å². The molecule has 0 aliphatic rings. The van der Waals surface area contributed by atoms with Crippen LogP contribution in [-0.2, 0) is 9.59 Å². The summed E-state index contributed by atoms with van der Waals surface area (Å²) in [5.41, 5.74) is 1.58. The van der Waals surface area contributed by atoms with Crippen molar-refractivity contribution in [2.24, 2.45) is 5.92 Å². The maximum Gasteiger partial charge on any atom is 0.244 e. The highest BCUT2D eigenvalue weighted by Gasteiger charge is 2.01. The Morgan fingerprint density at radius 3 is 2.50 bits per heavy atom. The fourth-order valence-electron chi connectivity index (χ4n) is 1.45. The van der Waals surface area contributed by atoms with E-state index in [0.717, 1.165) is 11.3 Å². The van der Waals surface area contributed by atoms with Crippen molar-refractivity contribution < 1.29 is 14.7 Å². The van der Waals surface area contributed by atoms with Crippen LogP contribution in [0.5, 0.6) is 0 Å². The van der Waals surface area contributed by atoms with Crippen molar-refractivity contribution in [1.29, 1.82) is 0 Å². The van der Waals surface area contributed by atoms with Crippen LogP contribution in [-0.4, -0.2) is 30.1 Å². The lowest BCUT2D eigenvalue weighted by Gasteiger charge is -2.07. The first-order valence-electron chi connectivity index (χ1n) is 6.45. The van der Waals surface area contributed by atoms with Gasteiger partial charge < -0.3 is 15.7 Å². The molecule has 1 atom stereocenters. The molecule has 0 saturated heterocycles. The maximum absolute atomic E-state index is 11.5. The molecule has 20 heavy (non-hydrogen) atoms. The van der Waals surface area contributed by atoms with Gasteiger partial charge in [-0.15, -0.1) is 0 Å². The van der Waals surface area contributed by atoms with Crippen LogP contribution in [0.4, 0.5) is 5.69 Å². The molecule has 0 heterocycles. The minimum absolute atomic E-state index is 0.0456. The summed E-state index contributed by atoms with van der Waals surface area (Å²) >= 11 is 0. The molecule has 1 aromatic rings. The van der Waals surface area contributed by atoms with Gasteiger partial charge in [0.15, 0.2) is 0 Å². The van der Waals surface area contributed by atoms with E-state index in [1.165, 1.54) is 13.0 Å². The molecule has 108 valence electrons. The van der Waals surface area contributed by atoms with Crippen LogP contribution in [0.3, 0.4) is 0 Å². The van der Waals surface area contributed by atoms with E-state index in [2.05, 4.69) is 10.6 Å². The molecule has 3 N–H and O–H groups in total. The van der Waals surface area contributed by atoms with Crippen LogP contribution in [0.2, 0.25) is 0 Å². The van der Waals surface area contributed by atoms with E-state index in [4.69, 9.17) is 5.11 Å². The number of carbonyl (C=O) groups excluding carboxylic acids is 2. The predicted molar refractivity (Wildman–Crippen MR) is 79.0 cm³/mol. The number of amides is 2. The number of nitrogens with one attached hydrogen (secondary N) is 2. The van der Waals surface area contributed by atoms with E-state index < -0.39 is 0 Å². The molecule has 0 radical (unpaired) electrons. The van der Waals surface area contributed by atoms with Crippen molar-refractivity contribution in [2.75, 3.05) is 18.5 Å². The standard InChI is InChI=1S/C15H20N2O3/c1-11(10-18)9-16-15(20)8-5-13-3-6-14(7-4-13)17-12(2)19/h3-8,11,18H,9-10H2,1-2H3,(H,16,20)(H,17,19)/b8-5+. The van der Waals surface area contributed by atoms with Crippen LogP contribution < -0.4 is 10.6 Å². The Morgan fingerprint density at radius 1 is 1.30 bits per heavy atom.